The highest BCUT2D eigenvalue weighted by atomic mass is 16.5. The van der Waals surface area contributed by atoms with Gasteiger partial charge in [-0.1, -0.05) is 23.8 Å². The number of Topliss-reactive ketones (excluding diaryl/α,β-unsaturated/α-hetero) is 1. The first-order chi connectivity index (χ1) is 7.59. The predicted octanol–water partition coefficient (Wildman–Crippen LogP) is 1.50. The number of carbonyl (C=O) groups is 1. The van der Waals surface area contributed by atoms with Crippen molar-refractivity contribution in [3.8, 4) is 0 Å². The van der Waals surface area contributed by atoms with Gasteiger partial charge in [0.25, 0.3) is 0 Å². The van der Waals surface area contributed by atoms with Gasteiger partial charge in [-0.3, -0.25) is 4.79 Å². The zero-order chi connectivity index (χ0) is 11.8. The zero-order valence-corrected chi connectivity index (χ0v) is 9.62. The van der Waals surface area contributed by atoms with Crippen LogP contribution in [0, 0.1) is 19.3 Å². The number of aryl methyl sites for hydroxylation is 2. The molecular weight excluding hydrogens is 204 g/mol. The van der Waals surface area contributed by atoms with Crippen molar-refractivity contribution >= 4 is 5.78 Å². The molecule has 86 valence electrons. The van der Waals surface area contributed by atoms with Crippen LogP contribution in [0.4, 0.5) is 0 Å². The van der Waals surface area contributed by atoms with E-state index in [4.69, 9.17) is 4.74 Å². The second kappa shape index (κ2) is 4.00. The molecule has 1 saturated heterocycles. The van der Waals surface area contributed by atoms with E-state index in [-0.39, 0.29) is 12.4 Å². The molecule has 1 heterocycles. The number of aliphatic hydroxyl groups is 1. The summed E-state index contributed by atoms with van der Waals surface area (Å²) >= 11 is 0. The van der Waals surface area contributed by atoms with Crippen LogP contribution in [-0.4, -0.2) is 30.7 Å². The quantitative estimate of drug-likeness (QED) is 0.785. The highest BCUT2D eigenvalue weighted by Crippen LogP contribution is 2.32. The van der Waals surface area contributed by atoms with Crippen molar-refractivity contribution in [3.63, 3.8) is 0 Å². The molecule has 3 heteroatoms. The number of benzene rings is 1. The van der Waals surface area contributed by atoms with Gasteiger partial charge in [-0.2, -0.15) is 0 Å². The van der Waals surface area contributed by atoms with Crippen molar-refractivity contribution in [2.45, 2.75) is 13.8 Å². The molecule has 1 aromatic rings. The van der Waals surface area contributed by atoms with Gasteiger partial charge < -0.3 is 9.84 Å². The molecule has 0 saturated carbocycles. The number of hydrogen-bond acceptors (Lipinski definition) is 3. The van der Waals surface area contributed by atoms with Crippen molar-refractivity contribution in [1.82, 2.24) is 0 Å². The Morgan fingerprint density at radius 2 is 2.12 bits per heavy atom. The van der Waals surface area contributed by atoms with E-state index in [9.17, 15) is 9.90 Å². The number of hydrogen-bond donors (Lipinski definition) is 1. The van der Waals surface area contributed by atoms with E-state index in [2.05, 4.69) is 0 Å². The van der Waals surface area contributed by atoms with Crippen LogP contribution in [0.2, 0.25) is 0 Å². The normalized spacial score (nSPS) is 17.9. The fourth-order valence-electron chi connectivity index (χ4n) is 2.00. The SMILES string of the molecule is Cc1ccc(C(=O)C2(CO)COC2)c(C)c1. The Bertz CT molecular complexity index is 414. The summed E-state index contributed by atoms with van der Waals surface area (Å²) in [6.45, 7) is 4.44. The maximum atomic E-state index is 12.3. The van der Waals surface area contributed by atoms with Gasteiger partial charge in [0.1, 0.15) is 5.41 Å². The molecular formula is C13H16O3. The molecule has 1 fully saturated rings. The van der Waals surface area contributed by atoms with Crippen LogP contribution in [-0.2, 0) is 4.74 Å². The lowest BCUT2D eigenvalue weighted by atomic mass is 9.78. The molecule has 0 aliphatic carbocycles. The molecule has 0 atom stereocenters. The second-order valence-corrected chi connectivity index (χ2v) is 4.58. The fraction of sp³-hybridized carbons (Fsp3) is 0.462. The molecule has 16 heavy (non-hydrogen) atoms. The summed E-state index contributed by atoms with van der Waals surface area (Å²) in [5.74, 6) is -0.00116. The Morgan fingerprint density at radius 1 is 1.44 bits per heavy atom. The van der Waals surface area contributed by atoms with Gasteiger partial charge >= 0.3 is 0 Å². The van der Waals surface area contributed by atoms with Crippen LogP contribution >= 0.6 is 0 Å². The second-order valence-electron chi connectivity index (χ2n) is 4.58. The largest absolute Gasteiger partial charge is 0.395 e. The van der Waals surface area contributed by atoms with Gasteiger partial charge in [0.2, 0.25) is 0 Å². The summed E-state index contributed by atoms with van der Waals surface area (Å²) in [7, 11) is 0. The molecule has 0 amide bonds. The molecule has 0 bridgehead atoms. The van der Waals surface area contributed by atoms with Crippen LogP contribution in [0.25, 0.3) is 0 Å². The molecule has 1 N–H and O–H groups in total. The first-order valence-electron chi connectivity index (χ1n) is 5.40. The number of aliphatic hydroxyl groups excluding tert-OH is 1. The van der Waals surface area contributed by atoms with E-state index in [0.717, 1.165) is 11.1 Å². The highest BCUT2D eigenvalue weighted by Gasteiger charge is 2.45. The fourth-order valence-corrected chi connectivity index (χ4v) is 2.00. The van der Waals surface area contributed by atoms with Crippen molar-refractivity contribution in [2.24, 2.45) is 5.41 Å². The molecule has 0 spiro atoms. The minimum Gasteiger partial charge on any atom is -0.395 e. The standard InChI is InChI=1S/C13H16O3/c1-9-3-4-11(10(2)5-9)12(15)13(6-14)7-16-8-13/h3-5,14H,6-8H2,1-2H3. The number of ether oxygens (including phenoxy) is 1. The zero-order valence-electron chi connectivity index (χ0n) is 9.62. The maximum absolute atomic E-state index is 12.3. The van der Waals surface area contributed by atoms with E-state index in [1.807, 2.05) is 32.0 Å². The average molecular weight is 220 g/mol. The van der Waals surface area contributed by atoms with E-state index in [1.54, 1.807) is 0 Å². The summed E-state index contributed by atoms with van der Waals surface area (Å²) < 4.78 is 5.05. The monoisotopic (exact) mass is 220 g/mol. The number of carbonyl (C=O) groups excluding carboxylic acids is 1. The van der Waals surface area contributed by atoms with Crippen LogP contribution < -0.4 is 0 Å². The maximum Gasteiger partial charge on any atom is 0.176 e. The van der Waals surface area contributed by atoms with Gasteiger partial charge in [-0.05, 0) is 19.4 Å². The minimum absolute atomic E-state index is 0.00116. The van der Waals surface area contributed by atoms with E-state index in [1.165, 1.54) is 0 Å². The minimum atomic E-state index is -0.694. The molecule has 3 nitrogen and oxygen atoms in total. The summed E-state index contributed by atoms with van der Waals surface area (Å²) in [5, 5.41) is 9.31. The van der Waals surface area contributed by atoms with E-state index in [0.29, 0.717) is 18.8 Å². The average Bonchev–Trinajstić information content (AvgIpc) is 2.16. The smallest absolute Gasteiger partial charge is 0.176 e. The van der Waals surface area contributed by atoms with E-state index >= 15 is 0 Å². The number of rotatable bonds is 3. The lowest BCUT2D eigenvalue weighted by Crippen LogP contribution is -2.52. The molecule has 0 unspecified atom stereocenters. The Hall–Kier alpha value is -1.19. The van der Waals surface area contributed by atoms with E-state index < -0.39 is 5.41 Å². The highest BCUT2D eigenvalue weighted by molar-refractivity contribution is 6.02. The third kappa shape index (κ3) is 1.66. The van der Waals surface area contributed by atoms with Gasteiger partial charge in [-0.15, -0.1) is 0 Å². The topological polar surface area (TPSA) is 46.5 Å². The van der Waals surface area contributed by atoms with Gasteiger partial charge in [0.05, 0.1) is 19.8 Å². The molecule has 2 rings (SSSR count). The lowest BCUT2D eigenvalue weighted by Gasteiger charge is -2.38. The Morgan fingerprint density at radius 3 is 2.56 bits per heavy atom. The van der Waals surface area contributed by atoms with Crippen molar-refractivity contribution in [1.29, 1.82) is 0 Å². The summed E-state index contributed by atoms with van der Waals surface area (Å²) in [6.07, 6.45) is 0. The van der Waals surface area contributed by atoms with Crippen molar-refractivity contribution in [2.75, 3.05) is 19.8 Å². The third-order valence-electron chi connectivity index (χ3n) is 3.17. The molecule has 1 aliphatic heterocycles. The van der Waals surface area contributed by atoms with Crippen LogP contribution in [0.3, 0.4) is 0 Å². The van der Waals surface area contributed by atoms with Gasteiger partial charge in [0.15, 0.2) is 5.78 Å². The van der Waals surface area contributed by atoms with Crippen molar-refractivity contribution in [3.05, 3.63) is 34.9 Å². The van der Waals surface area contributed by atoms with Crippen LogP contribution in [0.1, 0.15) is 21.5 Å². The number of ketones is 1. The van der Waals surface area contributed by atoms with Crippen LogP contribution in [0.15, 0.2) is 18.2 Å². The lowest BCUT2D eigenvalue weighted by molar-refractivity contribution is -0.109. The summed E-state index contributed by atoms with van der Waals surface area (Å²) in [5.41, 5.74) is 2.10. The Kier molecular flexibility index (Phi) is 2.82. The Labute approximate surface area is 95.0 Å². The summed E-state index contributed by atoms with van der Waals surface area (Å²) in [4.78, 5) is 12.3. The molecule has 0 radical (unpaired) electrons. The summed E-state index contributed by atoms with van der Waals surface area (Å²) in [6, 6.07) is 5.74. The first kappa shape index (κ1) is 11.3. The predicted molar refractivity (Wildman–Crippen MR) is 60.6 cm³/mol. The van der Waals surface area contributed by atoms with Crippen LogP contribution in [0.5, 0.6) is 0 Å². The van der Waals surface area contributed by atoms with Crippen molar-refractivity contribution < 1.29 is 14.6 Å². The molecule has 1 aromatic carbocycles. The molecule has 0 aromatic heterocycles. The molecule has 1 aliphatic rings. The Balaban J connectivity index is 2.33. The third-order valence-corrected chi connectivity index (χ3v) is 3.17. The first-order valence-corrected chi connectivity index (χ1v) is 5.40. The van der Waals surface area contributed by atoms with Gasteiger partial charge in [-0.25, -0.2) is 0 Å². The van der Waals surface area contributed by atoms with Gasteiger partial charge in [0, 0.05) is 5.56 Å².